The van der Waals surface area contributed by atoms with E-state index in [0.717, 1.165) is 55.8 Å². The molecule has 1 unspecified atom stereocenters. The van der Waals surface area contributed by atoms with Gasteiger partial charge in [0.05, 0.1) is 6.04 Å². The van der Waals surface area contributed by atoms with Crippen molar-refractivity contribution in [1.29, 1.82) is 0 Å². The smallest absolute Gasteiger partial charge is 0.221 e. The summed E-state index contributed by atoms with van der Waals surface area (Å²) in [6.07, 6.45) is 7.85. The van der Waals surface area contributed by atoms with Crippen LogP contribution in [0.25, 0.3) is 0 Å². The first-order valence-electron chi connectivity index (χ1n) is 12.5. The first kappa shape index (κ1) is 23.3. The number of piperidine rings is 1. The fourth-order valence-electron chi connectivity index (χ4n) is 5.73. The summed E-state index contributed by atoms with van der Waals surface area (Å²) >= 11 is 1.73. The highest BCUT2D eigenvalue weighted by molar-refractivity contribution is 7.16. The van der Waals surface area contributed by atoms with Gasteiger partial charge < -0.3 is 5.32 Å². The van der Waals surface area contributed by atoms with Crippen LogP contribution in [-0.2, 0) is 24.1 Å². The summed E-state index contributed by atoms with van der Waals surface area (Å²) < 4.78 is 14.4. The van der Waals surface area contributed by atoms with E-state index in [1.807, 2.05) is 12.1 Å². The van der Waals surface area contributed by atoms with Crippen molar-refractivity contribution in [2.45, 2.75) is 57.9 Å². The quantitative estimate of drug-likeness (QED) is 0.426. The van der Waals surface area contributed by atoms with E-state index in [2.05, 4.69) is 40.5 Å². The lowest BCUT2D eigenvalue weighted by molar-refractivity contribution is -0.114. The van der Waals surface area contributed by atoms with Crippen molar-refractivity contribution < 1.29 is 9.18 Å². The van der Waals surface area contributed by atoms with Gasteiger partial charge in [-0.3, -0.25) is 9.69 Å². The molecule has 1 aliphatic carbocycles. The van der Waals surface area contributed by atoms with E-state index >= 15 is 0 Å². The van der Waals surface area contributed by atoms with Crippen LogP contribution in [0.1, 0.15) is 65.8 Å². The SMILES string of the molecule is CC(=O)Nc1sc2c(c1C(c1cccc(F)c1)N1CCC(Cc3ccccc3)CC1)CCCC2. The summed E-state index contributed by atoms with van der Waals surface area (Å²) in [5.74, 6) is 0.420. The second-order valence-corrected chi connectivity index (χ2v) is 10.9. The summed E-state index contributed by atoms with van der Waals surface area (Å²) in [6, 6.07) is 17.8. The van der Waals surface area contributed by atoms with Gasteiger partial charge in [-0.15, -0.1) is 11.3 Å². The Morgan fingerprint density at radius 2 is 1.85 bits per heavy atom. The summed E-state index contributed by atoms with van der Waals surface area (Å²) in [5.41, 5.74) is 4.99. The van der Waals surface area contributed by atoms with E-state index in [1.54, 1.807) is 24.3 Å². The topological polar surface area (TPSA) is 32.3 Å². The van der Waals surface area contributed by atoms with Gasteiger partial charge in [-0.2, -0.15) is 0 Å². The number of hydrogen-bond donors (Lipinski definition) is 1. The number of benzene rings is 2. The van der Waals surface area contributed by atoms with Crippen LogP contribution in [0.15, 0.2) is 54.6 Å². The average molecular weight is 477 g/mol. The lowest BCUT2D eigenvalue weighted by atomic mass is 9.85. The molecule has 2 aliphatic rings. The number of anilines is 1. The first-order valence-corrected chi connectivity index (χ1v) is 13.4. The monoisotopic (exact) mass is 476 g/mol. The molecular weight excluding hydrogens is 443 g/mol. The maximum Gasteiger partial charge on any atom is 0.221 e. The Morgan fingerprint density at radius 3 is 2.59 bits per heavy atom. The van der Waals surface area contributed by atoms with Crippen molar-refractivity contribution in [3.05, 3.63) is 87.5 Å². The number of likely N-dealkylation sites (tertiary alicyclic amines) is 1. The minimum absolute atomic E-state index is 0.0340. The molecule has 2 heterocycles. The van der Waals surface area contributed by atoms with Gasteiger partial charge in [0, 0.05) is 17.4 Å². The van der Waals surface area contributed by atoms with Crippen LogP contribution >= 0.6 is 11.3 Å². The highest BCUT2D eigenvalue weighted by Gasteiger charge is 2.34. The van der Waals surface area contributed by atoms with Gasteiger partial charge in [0.15, 0.2) is 0 Å². The molecule has 1 fully saturated rings. The molecule has 1 saturated heterocycles. The average Bonchev–Trinajstić information content (AvgIpc) is 3.18. The Hall–Kier alpha value is -2.50. The lowest BCUT2D eigenvalue weighted by Crippen LogP contribution is -2.38. The van der Waals surface area contributed by atoms with Crippen LogP contribution in [0.2, 0.25) is 0 Å². The van der Waals surface area contributed by atoms with Crippen LogP contribution in [-0.4, -0.2) is 23.9 Å². The van der Waals surface area contributed by atoms with Crippen molar-refractivity contribution >= 4 is 22.2 Å². The number of thiophene rings is 1. The zero-order chi connectivity index (χ0) is 23.5. The van der Waals surface area contributed by atoms with E-state index < -0.39 is 0 Å². The summed E-state index contributed by atoms with van der Waals surface area (Å²) in [4.78, 5) is 16.0. The minimum atomic E-state index is -0.202. The second kappa shape index (κ2) is 10.4. The third-order valence-corrected chi connectivity index (χ3v) is 8.54. The molecule has 5 rings (SSSR count). The number of halogens is 1. The fourth-order valence-corrected chi connectivity index (χ4v) is 7.10. The first-order chi connectivity index (χ1) is 16.6. The Labute approximate surface area is 206 Å². The molecule has 1 amide bonds. The van der Waals surface area contributed by atoms with Gasteiger partial charge in [0.2, 0.25) is 5.91 Å². The molecule has 0 spiro atoms. The zero-order valence-electron chi connectivity index (χ0n) is 19.9. The maximum absolute atomic E-state index is 14.4. The lowest BCUT2D eigenvalue weighted by Gasteiger charge is -2.39. The number of hydrogen-bond acceptors (Lipinski definition) is 3. The van der Waals surface area contributed by atoms with E-state index in [9.17, 15) is 9.18 Å². The number of nitrogens with one attached hydrogen (secondary N) is 1. The van der Waals surface area contributed by atoms with E-state index in [1.165, 1.54) is 40.5 Å². The van der Waals surface area contributed by atoms with Crippen molar-refractivity contribution in [3.63, 3.8) is 0 Å². The number of carbonyl (C=O) groups excluding carboxylic acids is 1. The molecule has 0 bridgehead atoms. The van der Waals surface area contributed by atoms with Crippen LogP contribution in [0.3, 0.4) is 0 Å². The molecule has 0 saturated carbocycles. The van der Waals surface area contributed by atoms with Gasteiger partial charge in [-0.05, 0) is 92.8 Å². The number of amides is 1. The molecule has 1 aromatic heterocycles. The van der Waals surface area contributed by atoms with Crippen LogP contribution in [0.4, 0.5) is 9.39 Å². The second-order valence-electron chi connectivity index (χ2n) is 9.76. The van der Waals surface area contributed by atoms with Crippen LogP contribution in [0, 0.1) is 11.7 Å². The Morgan fingerprint density at radius 1 is 1.09 bits per heavy atom. The normalized spacial score (nSPS) is 17.8. The van der Waals surface area contributed by atoms with Crippen molar-refractivity contribution in [2.24, 2.45) is 5.92 Å². The summed E-state index contributed by atoms with van der Waals surface area (Å²) in [7, 11) is 0. The van der Waals surface area contributed by atoms with Crippen LogP contribution < -0.4 is 5.32 Å². The molecule has 2 aromatic carbocycles. The number of fused-ring (bicyclic) bond motifs is 1. The molecule has 3 aromatic rings. The third kappa shape index (κ3) is 5.11. The van der Waals surface area contributed by atoms with Crippen molar-refractivity contribution in [2.75, 3.05) is 18.4 Å². The summed E-state index contributed by atoms with van der Waals surface area (Å²) in [6.45, 7) is 3.53. The van der Waals surface area contributed by atoms with Gasteiger partial charge in [-0.25, -0.2) is 4.39 Å². The minimum Gasteiger partial charge on any atom is -0.318 e. The van der Waals surface area contributed by atoms with Gasteiger partial charge in [0.1, 0.15) is 10.8 Å². The molecule has 1 N–H and O–H groups in total. The Bertz CT molecular complexity index is 1130. The van der Waals surface area contributed by atoms with Crippen molar-refractivity contribution in [1.82, 2.24) is 4.90 Å². The predicted molar refractivity (Wildman–Crippen MR) is 138 cm³/mol. The van der Waals surface area contributed by atoms with E-state index in [0.29, 0.717) is 5.92 Å². The number of aryl methyl sites for hydroxylation is 1. The molecular formula is C29H33FN2OS. The summed E-state index contributed by atoms with van der Waals surface area (Å²) in [5, 5.41) is 4.09. The Balaban J connectivity index is 1.47. The van der Waals surface area contributed by atoms with E-state index in [4.69, 9.17) is 0 Å². The molecule has 1 aliphatic heterocycles. The fraction of sp³-hybridized carbons (Fsp3) is 0.414. The molecule has 1 atom stereocenters. The zero-order valence-corrected chi connectivity index (χ0v) is 20.7. The highest BCUT2D eigenvalue weighted by atomic mass is 32.1. The van der Waals surface area contributed by atoms with Crippen molar-refractivity contribution in [3.8, 4) is 0 Å². The molecule has 0 radical (unpaired) electrons. The largest absolute Gasteiger partial charge is 0.318 e. The van der Waals surface area contributed by atoms with Gasteiger partial charge in [-0.1, -0.05) is 42.5 Å². The predicted octanol–water partition coefficient (Wildman–Crippen LogP) is 6.77. The molecule has 5 heteroatoms. The molecule has 3 nitrogen and oxygen atoms in total. The maximum atomic E-state index is 14.4. The Kier molecular flexibility index (Phi) is 7.12. The highest BCUT2D eigenvalue weighted by Crippen LogP contribution is 2.46. The van der Waals surface area contributed by atoms with E-state index in [-0.39, 0.29) is 17.8 Å². The number of nitrogens with zero attached hydrogens (tertiary/aromatic N) is 1. The standard InChI is InChI=1S/C29H33FN2OS/c1-20(33)31-29-27(25-12-5-6-13-26(25)34-29)28(23-10-7-11-24(30)19-23)32-16-14-22(15-17-32)18-21-8-3-2-4-9-21/h2-4,7-11,19,22,28H,5-6,12-18H2,1H3,(H,31,33). The number of carbonyl (C=O) groups is 1. The van der Waals surface area contributed by atoms with Gasteiger partial charge >= 0.3 is 0 Å². The number of rotatable bonds is 6. The van der Waals surface area contributed by atoms with Gasteiger partial charge in [0.25, 0.3) is 0 Å². The third-order valence-electron chi connectivity index (χ3n) is 7.32. The molecule has 34 heavy (non-hydrogen) atoms. The van der Waals surface area contributed by atoms with Crippen LogP contribution in [0.5, 0.6) is 0 Å². The molecule has 178 valence electrons.